The summed E-state index contributed by atoms with van der Waals surface area (Å²) in [6.45, 7) is 10.4. The molecule has 1 fully saturated rings. The number of ether oxygens (including phenoxy) is 1. The van der Waals surface area contributed by atoms with Crippen molar-refractivity contribution in [3.8, 4) is 0 Å². The molecule has 0 amide bonds. The number of hydrogen-bond acceptors (Lipinski definition) is 2. The molecule has 1 aliphatic heterocycles. The first-order valence-corrected chi connectivity index (χ1v) is 8.48. The zero-order valence-corrected chi connectivity index (χ0v) is 18.0. The largest absolute Gasteiger partial charge is 0.384 e. The normalized spacial score (nSPS) is 18.5. The van der Waals surface area contributed by atoms with Gasteiger partial charge >= 0.3 is 0 Å². The van der Waals surface area contributed by atoms with Crippen LogP contribution in [0.5, 0.6) is 0 Å². The van der Waals surface area contributed by atoms with E-state index in [1.54, 1.807) is 7.11 Å². The Hall–Kier alpha value is -0.820. The van der Waals surface area contributed by atoms with Gasteiger partial charge in [0.1, 0.15) is 0 Å². The molecule has 1 heterocycles. The molecule has 1 aromatic rings. The van der Waals surface area contributed by atoms with Crippen LogP contribution in [-0.4, -0.2) is 44.7 Å². The molecule has 24 heavy (non-hydrogen) atoms. The van der Waals surface area contributed by atoms with Crippen molar-refractivity contribution in [2.45, 2.75) is 39.2 Å². The molecule has 0 radical (unpaired) electrons. The van der Waals surface area contributed by atoms with Gasteiger partial charge in [-0.2, -0.15) is 0 Å². The Morgan fingerprint density at radius 1 is 1.29 bits per heavy atom. The Morgan fingerprint density at radius 3 is 2.50 bits per heavy atom. The van der Waals surface area contributed by atoms with Crippen molar-refractivity contribution in [3.63, 3.8) is 0 Å². The highest BCUT2D eigenvalue weighted by molar-refractivity contribution is 14.0. The van der Waals surface area contributed by atoms with Crippen LogP contribution in [-0.2, 0) is 16.7 Å². The number of guanidine groups is 1. The van der Waals surface area contributed by atoms with E-state index in [4.69, 9.17) is 4.74 Å². The van der Waals surface area contributed by atoms with Gasteiger partial charge in [-0.15, -0.1) is 24.0 Å². The van der Waals surface area contributed by atoms with Gasteiger partial charge in [0, 0.05) is 39.7 Å². The maximum Gasteiger partial charge on any atom is 0.193 e. The molecule has 2 rings (SSSR count). The second-order valence-corrected chi connectivity index (χ2v) is 7.40. The van der Waals surface area contributed by atoms with Crippen molar-refractivity contribution in [2.24, 2.45) is 10.9 Å². The van der Waals surface area contributed by atoms with Crippen LogP contribution in [0.15, 0.2) is 29.3 Å². The lowest BCUT2D eigenvalue weighted by Gasteiger charge is -2.22. The summed E-state index contributed by atoms with van der Waals surface area (Å²) in [5, 5.41) is 3.48. The first-order chi connectivity index (χ1) is 10.9. The van der Waals surface area contributed by atoms with Crippen LogP contribution in [0.2, 0.25) is 0 Å². The molecular weight excluding hydrogens is 413 g/mol. The molecule has 1 unspecified atom stereocenters. The number of benzene rings is 1. The summed E-state index contributed by atoms with van der Waals surface area (Å²) < 4.78 is 5.27. The van der Waals surface area contributed by atoms with Crippen LogP contribution < -0.4 is 5.32 Å². The van der Waals surface area contributed by atoms with Crippen LogP contribution in [0.1, 0.15) is 38.3 Å². The fourth-order valence-corrected chi connectivity index (χ4v) is 3.03. The zero-order chi connectivity index (χ0) is 16.9. The van der Waals surface area contributed by atoms with Crippen LogP contribution >= 0.6 is 24.0 Å². The number of likely N-dealkylation sites (tertiary alicyclic amines) is 1. The lowest BCUT2D eigenvalue weighted by atomic mass is 9.87. The lowest BCUT2D eigenvalue weighted by molar-refractivity contribution is 0.157. The summed E-state index contributed by atoms with van der Waals surface area (Å²) in [7, 11) is 3.63. The molecule has 5 heteroatoms. The molecular formula is C19H32IN3O. The highest BCUT2D eigenvalue weighted by atomic mass is 127. The van der Waals surface area contributed by atoms with Crippen molar-refractivity contribution in [2.75, 3.05) is 33.9 Å². The standard InChI is InChI=1S/C19H31N3O.HI/c1-19(2,3)17-8-6-15(7-9-17)12-21-18(20-4)22-11-10-16(13-22)14-23-5;/h6-9,16H,10-14H2,1-5H3,(H,20,21);1H. The molecule has 1 N–H and O–H groups in total. The van der Waals surface area contributed by atoms with Crippen molar-refractivity contribution in [3.05, 3.63) is 35.4 Å². The van der Waals surface area contributed by atoms with Gasteiger partial charge in [-0.05, 0) is 23.0 Å². The van der Waals surface area contributed by atoms with Crippen LogP contribution in [0.3, 0.4) is 0 Å². The Balaban J connectivity index is 0.00000288. The molecule has 0 aromatic heterocycles. The molecule has 0 spiro atoms. The van der Waals surface area contributed by atoms with Gasteiger partial charge in [0.25, 0.3) is 0 Å². The Morgan fingerprint density at radius 2 is 1.96 bits per heavy atom. The topological polar surface area (TPSA) is 36.9 Å². The van der Waals surface area contributed by atoms with Gasteiger partial charge in [0.15, 0.2) is 5.96 Å². The van der Waals surface area contributed by atoms with Gasteiger partial charge in [-0.1, -0.05) is 45.0 Å². The smallest absolute Gasteiger partial charge is 0.193 e. The molecule has 0 saturated carbocycles. The monoisotopic (exact) mass is 445 g/mol. The molecule has 4 nitrogen and oxygen atoms in total. The summed E-state index contributed by atoms with van der Waals surface area (Å²) in [5.41, 5.74) is 2.85. The number of halogens is 1. The van der Waals surface area contributed by atoms with E-state index in [1.807, 2.05) is 7.05 Å². The molecule has 1 atom stereocenters. The zero-order valence-electron chi connectivity index (χ0n) is 15.6. The number of methoxy groups -OCH3 is 1. The average molecular weight is 445 g/mol. The van der Waals surface area contributed by atoms with E-state index < -0.39 is 0 Å². The second kappa shape index (κ2) is 9.61. The van der Waals surface area contributed by atoms with E-state index in [0.29, 0.717) is 5.92 Å². The highest BCUT2D eigenvalue weighted by Crippen LogP contribution is 2.22. The lowest BCUT2D eigenvalue weighted by Crippen LogP contribution is -2.39. The highest BCUT2D eigenvalue weighted by Gasteiger charge is 2.24. The number of rotatable bonds is 4. The number of hydrogen-bond donors (Lipinski definition) is 1. The first kappa shape index (κ1) is 21.2. The quantitative estimate of drug-likeness (QED) is 0.437. The number of nitrogens with one attached hydrogen (secondary N) is 1. The van der Waals surface area contributed by atoms with Crippen molar-refractivity contribution in [1.82, 2.24) is 10.2 Å². The summed E-state index contributed by atoms with van der Waals surface area (Å²) in [6, 6.07) is 8.87. The van der Waals surface area contributed by atoms with Crippen molar-refractivity contribution >= 4 is 29.9 Å². The van der Waals surface area contributed by atoms with Crippen molar-refractivity contribution < 1.29 is 4.74 Å². The second-order valence-electron chi connectivity index (χ2n) is 7.40. The fraction of sp³-hybridized carbons (Fsp3) is 0.632. The predicted octanol–water partition coefficient (Wildman–Crippen LogP) is 3.65. The third-order valence-electron chi connectivity index (χ3n) is 4.47. The van der Waals surface area contributed by atoms with Crippen molar-refractivity contribution in [1.29, 1.82) is 0 Å². The van der Waals surface area contributed by atoms with Gasteiger partial charge in [0.05, 0.1) is 6.61 Å². The summed E-state index contributed by atoms with van der Waals surface area (Å²) in [6.07, 6.45) is 1.18. The molecule has 1 saturated heterocycles. The Bertz CT molecular complexity index is 522. The molecule has 136 valence electrons. The van der Waals surface area contributed by atoms with E-state index in [2.05, 4.69) is 60.2 Å². The van der Waals surface area contributed by atoms with Gasteiger partial charge < -0.3 is 15.0 Å². The Kier molecular flexibility index (Phi) is 8.50. The third-order valence-corrected chi connectivity index (χ3v) is 4.47. The van der Waals surface area contributed by atoms with Gasteiger partial charge in [0.2, 0.25) is 0 Å². The molecule has 0 aliphatic carbocycles. The van der Waals surface area contributed by atoms with Crippen LogP contribution in [0.25, 0.3) is 0 Å². The molecule has 1 aromatic carbocycles. The third kappa shape index (κ3) is 5.92. The maximum atomic E-state index is 5.27. The van der Waals surface area contributed by atoms with E-state index in [1.165, 1.54) is 17.5 Å². The molecule has 1 aliphatic rings. The van der Waals surface area contributed by atoms with Gasteiger partial charge in [-0.25, -0.2) is 0 Å². The van der Waals surface area contributed by atoms with E-state index in [0.717, 1.165) is 32.2 Å². The van der Waals surface area contributed by atoms with Gasteiger partial charge in [-0.3, -0.25) is 4.99 Å². The van der Waals surface area contributed by atoms with Crippen LogP contribution in [0.4, 0.5) is 0 Å². The average Bonchev–Trinajstić information content (AvgIpc) is 2.96. The number of aliphatic imine (C=N–C) groups is 1. The SMILES string of the molecule is CN=C(NCc1ccc(C(C)(C)C)cc1)N1CCC(COC)C1.I. The van der Waals surface area contributed by atoms with Crippen LogP contribution in [0, 0.1) is 5.92 Å². The predicted molar refractivity (Wildman–Crippen MR) is 112 cm³/mol. The van der Waals surface area contributed by atoms with E-state index in [9.17, 15) is 0 Å². The minimum atomic E-state index is 0. The summed E-state index contributed by atoms with van der Waals surface area (Å²) in [5.74, 6) is 1.60. The number of nitrogens with zero attached hydrogens (tertiary/aromatic N) is 2. The minimum absolute atomic E-state index is 0. The van der Waals surface area contributed by atoms with E-state index >= 15 is 0 Å². The maximum absolute atomic E-state index is 5.27. The molecule has 0 bridgehead atoms. The summed E-state index contributed by atoms with van der Waals surface area (Å²) in [4.78, 5) is 6.75. The minimum Gasteiger partial charge on any atom is -0.384 e. The summed E-state index contributed by atoms with van der Waals surface area (Å²) >= 11 is 0. The first-order valence-electron chi connectivity index (χ1n) is 8.48. The Labute approximate surface area is 164 Å². The van der Waals surface area contributed by atoms with E-state index in [-0.39, 0.29) is 29.4 Å². The fourth-order valence-electron chi connectivity index (χ4n) is 3.03.